The average Bonchev–Trinajstić information content (AvgIpc) is 3.77. The number of fused-ring (bicyclic) bond motifs is 10. The molecule has 22 atom stereocenters. The molecule has 8 aliphatic rings. The Bertz CT molecular complexity index is 1560. The first-order valence-corrected chi connectivity index (χ1v) is 26.4. The molecule has 7 heteroatoms. The number of aliphatic hydroxyl groups excluding tert-OH is 3. The highest BCUT2D eigenvalue weighted by atomic mass is 16.5. The van der Waals surface area contributed by atoms with Gasteiger partial charge in [0.2, 0.25) is 0 Å². The van der Waals surface area contributed by atoms with Gasteiger partial charge in [-0.2, -0.15) is 0 Å². The second-order valence-corrected chi connectivity index (χ2v) is 24.5. The first kappa shape index (κ1) is 46.4. The summed E-state index contributed by atoms with van der Waals surface area (Å²) in [7, 11) is 0. The molecule has 8 aliphatic carbocycles. The molecule has 7 nitrogen and oxygen atoms in total. The number of carbonyl (C=O) groups excluding carboxylic acids is 2. The lowest BCUT2D eigenvalue weighted by atomic mass is 9.41. The van der Waals surface area contributed by atoms with Crippen molar-refractivity contribution in [2.24, 2.45) is 105 Å². The fourth-order valence-corrected chi connectivity index (χ4v) is 19.5. The zero-order valence-corrected chi connectivity index (χ0v) is 40.2. The van der Waals surface area contributed by atoms with Gasteiger partial charge in [-0.15, -0.1) is 0 Å². The lowest BCUT2D eigenvalue weighted by Crippen LogP contribution is -2.62. The van der Waals surface area contributed by atoms with E-state index in [4.69, 9.17) is 9.47 Å². The van der Waals surface area contributed by atoms with E-state index in [1.165, 1.54) is 51.4 Å². The summed E-state index contributed by atoms with van der Waals surface area (Å²) >= 11 is 0. The molecule has 0 unspecified atom stereocenters. The molecule has 8 saturated carbocycles. The summed E-state index contributed by atoms with van der Waals surface area (Å²) in [4.78, 5) is 26.0. The Balaban J connectivity index is 0.873. The molecule has 61 heavy (non-hydrogen) atoms. The van der Waals surface area contributed by atoms with Crippen LogP contribution in [-0.2, 0) is 19.1 Å². The zero-order chi connectivity index (χ0) is 43.8. The Kier molecular flexibility index (Phi) is 13.3. The lowest BCUT2D eigenvalue weighted by molar-refractivity contribution is -0.207. The predicted octanol–water partition coefficient (Wildman–Crippen LogP) is 11.2. The molecule has 0 aromatic rings. The standard InChI is InChI=1S/C54H90O7/c1-10-35-43-29-33(55)21-25-53(43,8)41-23-27-52(7)38(16-18-39(52)47(41)49(35)58)32(5)14-20-46(57)61-34-22-26-54(9)42-24-28-51(6)37(31(4)13-19-45(56)60-12-3)15-17-40(51)48(42)50(59)36(11-2)44(54)30-34/h31-44,47-50,55,58-59H,10-30H2,1-9H3/t31-,32-,33-,34-,35+,36+,37-,38-,39+,40+,41+,42+,43+,44+,47+,48+,49-,50-,51-,52-,53-,54-/m1/s1. The van der Waals surface area contributed by atoms with Gasteiger partial charge in [-0.1, -0.05) is 68.2 Å². The Morgan fingerprint density at radius 1 is 0.557 bits per heavy atom. The van der Waals surface area contributed by atoms with Gasteiger partial charge in [-0.05, 0) is 214 Å². The Morgan fingerprint density at radius 3 is 1.49 bits per heavy atom. The number of ether oxygens (including phenoxy) is 2. The summed E-state index contributed by atoms with van der Waals surface area (Å²) in [6, 6.07) is 0. The van der Waals surface area contributed by atoms with Crippen molar-refractivity contribution in [3.63, 3.8) is 0 Å². The monoisotopic (exact) mass is 851 g/mol. The van der Waals surface area contributed by atoms with E-state index in [1.807, 2.05) is 6.92 Å². The number of carbonyl (C=O) groups is 2. The van der Waals surface area contributed by atoms with Gasteiger partial charge in [-0.3, -0.25) is 9.59 Å². The van der Waals surface area contributed by atoms with Crippen LogP contribution in [0.3, 0.4) is 0 Å². The molecular formula is C54H90O7. The van der Waals surface area contributed by atoms with E-state index in [2.05, 4.69) is 55.4 Å². The van der Waals surface area contributed by atoms with Crippen molar-refractivity contribution >= 4 is 11.9 Å². The number of esters is 2. The van der Waals surface area contributed by atoms with Crippen molar-refractivity contribution in [3.05, 3.63) is 0 Å². The van der Waals surface area contributed by atoms with Gasteiger partial charge in [0, 0.05) is 12.8 Å². The van der Waals surface area contributed by atoms with Gasteiger partial charge in [0.1, 0.15) is 6.10 Å². The minimum absolute atomic E-state index is 0.0272. The minimum atomic E-state index is -0.310. The van der Waals surface area contributed by atoms with Crippen LogP contribution in [0.2, 0.25) is 0 Å². The fourth-order valence-electron chi connectivity index (χ4n) is 19.5. The van der Waals surface area contributed by atoms with Gasteiger partial charge < -0.3 is 24.8 Å². The molecule has 0 saturated heterocycles. The topological polar surface area (TPSA) is 113 Å². The number of rotatable bonds is 12. The average molecular weight is 851 g/mol. The highest BCUT2D eigenvalue weighted by molar-refractivity contribution is 5.69. The maximum absolute atomic E-state index is 13.8. The summed E-state index contributed by atoms with van der Waals surface area (Å²) in [6.45, 7) is 21.8. The second-order valence-electron chi connectivity index (χ2n) is 24.5. The maximum atomic E-state index is 13.8. The van der Waals surface area contributed by atoms with E-state index in [1.54, 1.807) is 0 Å². The van der Waals surface area contributed by atoms with Crippen molar-refractivity contribution in [1.29, 1.82) is 0 Å². The van der Waals surface area contributed by atoms with Crippen molar-refractivity contribution in [2.45, 2.75) is 215 Å². The van der Waals surface area contributed by atoms with E-state index >= 15 is 0 Å². The van der Waals surface area contributed by atoms with Gasteiger partial charge in [0.15, 0.2) is 0 Å². The molecule has 0 amide bonds. The van der Waals surface area contributed by atoms with E-state index in [9.17, 15) is 24.9 Å². The molecule has 8 fully saturated rings. The normalized spacial score (nSPS) is 51.1. The predicted molar refractivity (Wildman–Crippen MR) is 241 cm³/mol. The fraction of sp³-hybridized carbons (Fsp3) is 0.963. The third-order valence-corrected chi connectivity index (χ3v) is 22.5. The van der Waals surface area contributed by atoms with E-state index < -0.39 is 0 Å². The Labute approximate surface area is 371 Å². The van der Waals surface area contributed by atoms with Crippen molar-refractivity contribution < 1.29 is 34.4 Å². The highest BCUT2D eigenvalue weighted by Crippen LogP contribution is 2.71. The van der Waals surface area contributed by atoms with Crippen molar-refractivity contribution in [2.75, 3.05) is 6.61 Å². The minimum Gasteiger partial charge on any atom is -0.466 e. The summed E-state index contributed by atoms with van der Waals surface area (Å²) in [5.74, 6) is 6.05. The molecule has 0 spiro atoms. The van der Waals surface area contributed by atoms with Crippen LogP contribution in [-0.4, -0.2) is 58.3 Å². The molecule has 0 heterocycles. The third-order valence-electron chi connectivity index (χ3n) is 22.5. The number of hydrogen-bond acceptors (Lipinski definition) is 7. The van der Waals surface area contributed by atoms with Crippen LogP contribution in [0.15, 0.2) is 0 Å². The van der Waals surface area contributed by atoms with Crippen LogP contribution >= 0.6 is 0 Å². The lowest BCUT2D eigenvalue weighted by Gasteiger charge is -2.65. The van der Waals surface area contributed by atoms with Crippen LogP contribution in [0.1, 0.15) is 191 Å². The van der Waals surface area contributed by atoms with Crippen LogP contribution in [0.5, 0.6) is 0 Å². The largest absolute Gasteiger partial charge is 0.466 e. The van der Waals surface area contributed by atoms with Gasteiger partial charge in [0.25, 0.3) is 0 Å². The highest BCUT2D eigenvalue weighted by Gasteiger charge is 2.67. The van der Waals surface area contributed by atoms with E-state index in [0.29, 0.717) is 90.5 Å². The maximum Gasteiger partial charge on any atom is 0.306 e. The van der Waals surface area contributed by atoms with Gasteiger partial charge >= 0.3 is 11.9 Å². The van der Waals surface area contributed by atoms with Crippen molar-refractivity contribution in [3.8, 4) is 0 Å². The molecular weight excluding hydrogens is 761 g/mol. The molecule has 0 radical (unpaired) electrons. The molecule has 0 bridgehead atoms. The van der Waals surface area contributed by atoms with Gasteiger partial charge in [-0.25, -0.2) is 0 Å². The first-order chi connectivity index (χ1) is 29.0. The smallest absolute Gasteiger partial charge is 0.306 e. The SMILES string of the molecule is CCOC(=O)CC[C@@H](C)[C@H]1CC[C@H]2[C@@H]3[C@H](O)[C@@H](CC)[C@@H]4C[C@H](OC(=O)CC[C@@H](C)[C@H]5CC[C@H]6[C@@H]7[C@H](O)[C@@H](CC)[C@@H]8C[C@H](O)CC[C@]8(C)[C@H]7CC[C@]56C)CC[C@]4(C)[C@H]3CC[C@]12C. The molecule has 348 valence electrons. The second kappa shape index (κ2) is 17.6. The van der Waals surface area contributed by atoms with Gasteiger partial charge in [0.05, 0.1) is 24.9 Å². The third kappa shape index (κ3) is 7.62. The number of aliphatic hydroxyl groups is 3. The summed E-state index contributed by atoms with van der Waals surface area (Å²) < 4.78 is 11.7. The molecule has 8 rings (SSSR count). The molecule has 3 N–H and O–H groups in total. The van der Waals surface area contributed by atoms with Crippen LogP contribution < -0.4 is 0 Å². The number of hydrogen-bond donors (Lipinski definition) is 3. The molecule has 0 aromatic heterocycles. The van der Waals surface area contributed by atoms with E-state index in [-0.39, 0.29) is 69.9 Å². The quantitative estimate of drug-likeness (QED) is 0.168. The first-order valence-electron chi connectivity index (χ1n) is 26.4. The van der Waals surface area contributed by atoms with Crippen LogP contribution in [0, 0.1) is 105 Å². The van der Waals surface area contributed by atoms with E-state index in [0.717, 1.165) is 64.2 Å². The Hall–Kier alpha value is -1.18. The van der Waals surface area contributed by atoms with Crippen LogP contribution in [0.4, 0.5) is 0 Å². The summed E-state index contributed by atoms with van der Waals surface area (Å²) in [5, 5.41) is 35.3. The molecule has 0 aliphatic heterocycles. The summed E-state index contributed by atoms with van der Waals surface area (Å²) in [5.41, 5.74) is 0.773. The molecule has 0 aromatic carbocycles. The Morgan fingerprint density at radius 2 is 1.00 bits per heavy atom. The summed E-state index contributed by atoms with van der Waals surface area (Å²) in [6.07, 6.45) is 19.2. The zero-order valence-electron chi connectivity index (χ0n) is 40.2. The van der Waals surface area contributed by atoms with Crippen molar-refractivity contribution in [1.82, 2.24) is 0 Å². The van der Waals surface area contributed by atoms with Crippen LogP contribution in [0.25, 0.3) is 0 Å².